The van der Waals surface area contributed by atoms with E-state index in [-0.39, 0.29) is 17.6 Å². The van der Waals surface area contributed by atoms with E-state index in [0.717, 1.165) is 18.4 Å². The van der Waals surface area contributed by atoms with Crippen LogP contribution in [0, 0.1) is 5.92 Å². The van der Waals surface area contributed by atoms with Gasteiger partial charge in [-0.2, -0.15) is 0 Å². The van der Waals surface area contributed by atoms with Crippen molar-refractivity contribution in [1.29, 1.82) is 0 Å². The first-order chi connectivity index (χ1) is 10.0. The fourth-order valence-corrected chi connectivity index (χ4v) is 3.61. The Bertz CT molecular complexity index is 574. The average Bonchev–Trinajstić information content (AvgIpc) is 2.53. The smallest absolute Gasteiger partial charge is 0.224 e. The van der Waals surface area contributed by atoms with E-state index in [0.29, 0.717) is 19.6 Å². The van der Waals surface area contributed by atoms with E-state index < -0.39 is 10.0 Å². The molecule has 1 aliphatic rings. The molecular formula is C14H21N3O3S. The summed E-state index contributed by atoms with van der Waals surface area (Å²) in [5, 5.41) is 2.87. The van der Waals surface area contributed by atoms with Crippen molar-refractivity contribution in [3.63, 3.8) is 0 Å². The van der Waals surface area contributed by atoms with Gasteiger partial charge in [-0.1, -0.05) is 0 Å². The minimum atomic E-state index is -3.21. The Morgan fingerprint density at radius 2 is 2.14 bits per heavy atom. The number of amides is 1. The summed E-state index contributed by atoms with van der Waals surface area (Å²) in [4.78, 5) is 16.1. The lowest BCUT2D eigenvalue weighted by molar-refractivity contribution is -0.126. The molecule has 1 amide bonds. The lowest BCUT2D eigenvalue weighted by Gasteiger charge is -2.30. The van der Waals surface area contributed by atoms with Gasteiger partial charge in [0.15, 0.2) is 0 Å². The van der Waals surface area contributed by atoms with Crippen LogP contribution in [-0.4, -0.2) is 42.5 Å². The van der Waals surface area contributed by atoms with Crippen LogP contribution in [0.15, 0.2) is 24.5 Å². The number of rotatable bonds is 5. The number of aromatic nitrogens is 1. The number of sulfonamides is 1. The van der Waals surface area contributed by atoms with Gasteiger partial charge in [-0.25, -0.2) is 12.7 Å². The molecule has 0 aliphatic carbocycles. The molecule has 2 rings (SSSR count). The summed E-state index contributed by atoms with van der Waals surface area (Å²) < 4.78 is 25.2. The fraction of sp³-hybridized carbons (Fsp3) is 0.571. The fourth-order valence-electron chi connectivity index (χ4n) is 2.43. The average molecular weight is 311 g/mol. The van der Waals surface area contributed by atoms with Gasteiger partial charge in [0.1, 0.15) is 0 Å². The van der Waals surface area contributed by atoms with Crippen molar-refractivity contribution >= 4 is 15.9 Å². The number of pyridine rings is 1. The van der Waals surface area contributed by atoms with Crippen LogP contribution >= 0.6 is 0 Å². The molecule has 21 heavy (non-hydrogen) atoms. The largest absolute Gasteiger partial charge is 0.352 e. The zero-order chi connectivity index (χ0) is 15.3. The van der Waals surface area contributed by atoms with E-state index in [9.17, 15) is 13.2 Å². The Labute approximate surface area is 125 Å². The maximum absolute atomic E-state index is 12.2. The summed E-state index contributed by atoms with van der Waals surface area (Å²) >= 11 is 0. The number of carbonyl (C=O) groups is 1. The summed E-state index contributed by atoms with van der Waals surface area (Å²) in [6.45, 7) is 2.88. The molecular weight excluding hydrogens is 290 g/mol. The molecule has 1 atom stereocenters. The van der Waals surface area contributed by atoms with Crippen molar-refractivity contribution in [2.24, 2.45) is 5.92 Å². The minimum Gasteiger partial charge on any atom is -0.352 e. The summed E-state index contributed by atoms with van der Waals surface area (Å²) in [6.07, 6.45) is 4.82. The molecule has 7 heteroatoms. The zero-order valence-corrected chi connectivity index (χ0v) is 13.0. The number of piperidine rings is 1. The summed E-state index contributed by atoms with van der Waals surface area (Å²) in [7, 11) is -3.21. The molecule has 1 unspecified atom stereocenters. The van der Waals surface area contributed by atoms with E-state index >= 15 is 0 Å². The molecule has 1 fully saturated rings. The van der Waals surface area contributed by atoms with Crippen LogP contribution in [0.2, 0.25) is 0 Å². The third kappa shape index (κ3) is 4.25. The predicted octanol–water partition coefficient (Wildman–Crippen LogP) is 0.759. The monoisotopic (exact) mass is 311 g/mol. The van der Waals surface area contributed by atoms with Crippen molar-refractivity contribution in [2.75, 3.05) is 18.8 Å². The predicted molar refractivity (Wildman–Crippen MR) is 79.8 cm³/mol. The summed E-state index contributed by atoms with van der Waals surface area (Å²) in [5.41, 5.74) is 0.979. The molecule has 1 aliphatic heterocycles. The highest BCUT2D eigenvalue weighted by Crippen LogP contribution is 2.19. The van der Waals surface area contributed by atoms with Crippen LogP contribution in [-0.2, 0) is 21.4 Å². The number of hydrogen-bond acceptors (Lipinski definition) is 4. The van der Waals surface area contributed by atoms with Crippen molar-refractivity contribution in [3.05, 3.63) is 30.1 Å². The van der Waals surface area contributed by atoms with E-state index in [4.69, 9.17) is 0 Å². The van der Waals surface area contributed by atoms with Gasteiger partial charge < -0.3 is 5.32 Å². The molecule has 0 saturated carbocycles. The first-order valence-corrected chi connectivity index (χ1v) is 8.78. The van der Waals surface area contributed by atoms with Gasteiger partial charge in [-0.3, -0.25) is 9.78 Å². The standard InChI is InChI=1S/C14H21N3O3S/c1-2-21(19,20)17-9-3-4-13(11-17)14(18)16-10-12-5-7-15-8-6-12/h5-8,13H,2-4,9-11H2,1H3,(H,16,18). The van der Waals surface area contributed by atoms with Crippen LogP contribution in [0.25, 0.3) is 0 Å². The van der Waals surface area contributed by atoms with E-state index in [1.165, 1.54) is 4.31 Å². The molecule has 0 bridgehead atoms. The normalized spacial score (nSPS) is 20.1. The van der Waals surface area contributed by atoms with E-state index in [1.807, 2.05) is 12.1 Å². The molecule has 1 aromatic heterocycles. The van der Waals surface area contributed by atoms with Crippen molar-refractivity contribution < 1.29 is 13.2 Å². The molecule has 116 valence electrons. The van der Waals surface area contributed by atoms with Crippen molar-refractivity contribution in [2.45, 2.75) is 26.3 Å². The summed E-state index contributed by atoms with van der Waals surface area (Å²) in [6, 6.07) is 3.68. The Morgan fingerprint density at radius 3 is 2.81 bits per heavy atom. The van der Waals surface area contributed by atoms with Gasteiger partial charge in [0.25, 0.3) is 0 Å². The van der Waals surface area contributed by atoms with Crippen LogP contribution < -0.4 is 5.32 Å². The highest BCUT2D eigenvalue weighted by Gasteiger charge is 2.31. The van der Waals surface area contributed by atoms with Crippen molar-refractivity contribution in [3.8, 4) is 0 Å². The summed E-state index contributed by atoms with van der Waals surface area (Å²) in [5.74, 6) is -0.261. The van der Waals surface area contributed by atoms with E-state index in [2.05, 4.69) is 10.3 Å². The van der Waals surface area contributed by atoms with Crippen molar-refractivity contribution in [1.82, 2.24) is 14.6 Å². The topological polar surface area (TPSA) is 79.4 Å². The highest BCUT2D eigenvalue weighted by atomic mass is 32.2. The van der Waals surface area contributed by atoms with Gasteiger partial charge in [-0.15, -0.1) is 0 Å². The Hall–Kier alpha value is -1.47. The Kier molecular flexibility index (Phi) is 5.30. The maximum Gasteiger partial charge on any atom is 0.224 e. The van der Waals surface area contributed by atoms with Gasteiger partial charge in [0.05, 0.1) is 11.7 Å². The molecule has 0 aromatic carbocycles. The number of carbonyl (C=O) groups excluding carboxylic acids is 1. The zero-order valence-electron chi connectivity index (χ0n) is 12.2. The number of hydrogen-bond donors (Lipinski definition) is 1. The highest BCUT2D eigenvalue weighted by molar-refractivity contribution is 7.89. The second kappa shape index (κ2) is 7.00. The molecule has 6 nitrogen and oxygen atoms in total. The van der Waals surface area contributed by atoms with Gasteiger partial charge >= 0.3 is 0 Å². The van der Waals surface area contributed by atoms with Crippen LogP contribution in [0.5, 0.6) is 0 Å². The molecule has 0 spiro atoms. The molecule has 1 saturated heterocycles. The Balaban J connectivity index is 1.90. The van der Waals surface area contributed by atoms with Gasteiger partial charge in [0, 0.05) is 32.0 Å². The molecule has 0 radical (unpaired) electrons. The number of nitrogens with zero attached hydrogens (tertiary/aromatic N) is 2. The van der Waals surface area contributed by atoms with Crippen LogP contribution in [0.1, 0.15) is 25.3 Å². The molecule has 1 aromatic rings. The van der Waals surface area contributed by atoms with Crippen LogP contribution in [0.4, 0.5) is 0 Å². The second-order valence-corrected chi connectivity index (χ2v) is 7.43. The SMILES string of the molecule is CCS(=O)(=O)N1CCCC(C(=O)NCc2ccncc2)C1. The third-order valence-electron chi connectivity index (χ3n) is 3.73. The maximum atomic E-state index is 12.2. The van der Waals surface area contributed by atoms with Gasteiger partial charge in [0.2, 0.25) is 15.9 Å². The molecule has 1 N–H and O–H groups in total. The lowest BCUT2D eigenvalue weighted by atomic mass is 9.99. The number of nitrogens with one attached hydrogen (secondary N) is 1. The second-order valence-electron chi connectivity index (χ2n) is 5.17. The van der Waals surface area contributed by atoms with Gasteiger partial charge in [-0.05, 0) is 37.5 Å². The molecule has 2 heterocycles. The Morgan fingerprint density at radius 1 is 1.43 bits per heavy atom. The minimum absolute atomic E-state index is 0.0807. The third-order valence-corrected chi connectivity index (χ3v) is 5.58. The van der Waals surface area contributed by atoms with E-state index in [1.54, 1.807) is 19.3 Å². The first kappa shape index (κ1) is 15.9. The lowest BCUT2D eigenvalue weighted by Crippen LogP contribution is -2.45. The van der Waals surface area contributed by atoms with Crippen LogP contribution in [0.3, 0.4) is 0 Å². The quantitative estimate of drug-likeness (QED) is 0.870. The first-order valence-electron chi connectivity index (χ1n) is 7.17.